The molecule has 0 aromatic rings. The van der Waals surface area contributed by atoms with Gasteiger partial charge in [-0.2, -0.15) is 4.31 Å². The van der Waals surface area contributed by atoms with Crippen LogP contribution in [0.2, 0.25) is 0 Å². The molecule has 2 rings (SSSR count). The van der Waals surface area contributed by atoms with Crippen molar-refractivity contribution in [1.82, 2.24) is 19.8 Å². The number of alkyl carbamates (subject to hydrolysis) is 1. The van der Waals surface area contributed by atoms with Gasteiger partial charge in [0.1, 0.15) is 5.60 Å². The fourth-order valence-electron chi connectivity index (χ4n) is 3.11. The zero-order chi connectivity index (χ0) is 20.8. The summed E-state index contributed by atoms with van der Waals surface area (Å²) in [7, 11) is -3.41. The second-order valence-electron chi connectivity index (χ2n) is 7.99. The lowest BCUT2D eigenvalue weighted by molar-refractivity contribution is 0.0479. The van der Waals surface area contributed by atoms with Gasteiger partial charge in [0.05, 0.1) is 19.0 Å². The number of morpholine rings is 1. The number of rotatable bonds is 5. The molecule has 1 unspecified atom stereocenters. The molecule has 162 valence electrons. The van der Waals surface area contributed by atoms with Gasteiger partial charge in [-0.05, 0) is 33.6 Å². The third-order valence-corrected chi connectivity index (χ3v) is 6.30. The molecule has 2 aliphatic heterocycles. The number of likely N-dealkylation sites (tertiary alicyclic amines) is 1. The van der Waals surface area contributed by atoms with Crippen LogP contribution in [-0.4, -0.2) is 93.1 Å². The Morgan fingerprint density at radius 3 is 2.50 bits per heavy atom. The Morgan fingerprint density at radius 1 is 1.18 bits per heavy atom. The van der Waals surface area contributed by atoms with E-state index in [9.17, 15) is 18.0 Å². The Morgan fingerprint density at radius 2 is 1.86 bits per heavy atom. The van der Waals surface area contributed by atoms with Crippen molar-refractivity contribution in [2.75, 3.05) is 51.7 Å². The molecule has 2 heterocycles. The number of amides is 3. The van der Waals surface area contributed by atoms with Gasteiger partial charge in [-0.3, -0.25) is 0 Å². The summed E-state index contributed by atoms with van der Waals surface area (Å²) >= 11 is 0. The largest absolute Gasteiger partial charge is 0.444 e. The van der Waals surface area contributed by atoms with Crippen LogP contribution >= 0.6 is 0 Å². The number of carbonyl (C=O) groups is 2. The SMILES string of the molecule is CC(C)(C)OC(=O)NC1CCCN(C(=O)NCCS(=O)(=O)N2CCOCC2)C1. The number of carbonyl (C=O) groups excluding carboxylic acids is 2. The molecule has 0 radical (unpaired) electrons. The van der Waals surface area contributed by atoms with Crippen LogP contribution in [0.1, 0.15) is 33.6 Å². The number of urea groups is 1. The predicted octanol–water partition coefficient (Wildman–Crippen LogP) is 0.347. The van der Waals surface area contributed by atoms with Crippen LogP contribution in [0, 0.1) is 0 Å². The number of ether oxygens (including phenoxy) is 2. The molecule has 28 heavy (non-hydrogen) atoms. The molecule has 2 saturated heterocycles. The van der Waals surface area contributed by atoms with Crippen molar-refractivity contribution >= 4 is 22.1 Å². The van der Waals surface area contributed by atoms with Crippen molar-refractivity contribution in [3.63, 3.8) is 0 Å². The zero-order valence-electron chi connectivity index (χ0n) is 16.9. The molecule has 2 fully saturated rings. The molecule has 2 N–H and O–H groups in total. The van der Waals surface area contributed by atoms with Crippen LogP contribution in [0.3, 0.4) is 0 Å². The lowest BCUT2D eigenvalue weighted by Gasteiger charge is -2.33. The van der Waals surface area contributed by atoms with E-state index >= 15 is 0 Å². The van der Waals surface area contributed by atoms with Gasteiger partial charge in [0, 0.05) is 38.8 Å². The summed E-state index contributed by atoms with van der Waals surface area (Å²) in [5.41, 5.74) is -0.582. The van der Waals surface area contributed by atoms with Gasteiger partial charge >= 0.3 is 12.1 Å². The molecule has 0 aliphatic carbocycles. The predicted molar refractivity (Wildman–Crippen MR) is 104 cm³/mol. The van der Waals surface area contributed by atoms with E-state index in [1.807, 2.05) is 0 Å². The first-order valence-electron chi connectivity index (χ1n) is 9.65. The van der Waals surface area contributed by atoms with E-state index in [1.165, 1.54) is 4.31 Å². The number of piperidine rings is 1. The number of sulfonamides is 1. The summed E-state index contributed by atoms with van der Waals surface area (Å²) in [4.78, 5) is 25.9. The summed E-state index contributed by atoms with van der Waals surface area (Å²) in [6.07, 6.45) is 1.00. The van der Waals surface area contributed by atoms with Crippen LogP contribution in [0.4, 0.5) is 9.59 Å². The van der Waals surface area contributed by atoms with Gasteiger partial charge in [0.25, 0.3) is 0 Å². The van der Waals surface area contributed by atoms with Gasteiger partial charge in [-0.15, -0.1) is 0 Å². The molecule has 3 amide bonds. The molecule has 1 atom stereocenters. The van der Waals surface area contributed by atoms with E-state index < -0.39 is 21.7 Å². The molecule has 11 heteroatoms. The summed E-state index contributed by atoms with van der Waals surface area (Å²) in [5, 5.41) is 5.45. The lowest BCUT2D eigenvalue weighted by Crippen LogP contribution is -2.53. The highest BCUT2D eigenvalue weighted by molar-refractivity contribution is 7.89. The highest BCUT2D eigenvalue weighted by Gasteiger charge is 2.28. The summed E-state index contributed by atoms with van der Waals surface area (Å²) in [6, 6.07) is -0.515. The first-order valence-corrected chi connectivity index (χ1v) is 11.3. The van der Waals surface area contributed by atoms with Crippen molar-refractivity contribution in [3.05, 3.63) is 0 Å². The zero-order valence-corrected chi connectivity index (χ0v) is 17.7. The van der Waals surface area contributed by atoms with E-state index in [1.54, 1.807) is 25.7 Å². The fraction of sp³-hybridized carbons (Fsp3) is 0.882. The van der Waals surface area contributed by atoms with Gasteiger partial charge < -0.3 is 25.0 Å². The summed E-state index contributed by atoms with van der Waals surface area (Å²) in [5.74, 6) is -0.147. The lowest BCUT2D eigenvalue weighted by atomic mass is 10.1. The van der Waals surface area contributed by atoms with Crippen LogP contribution in [0.25, 0.3) is 0 Å². The van der Waals surface area contributed by atoms with Crippen LogP contribution < -0.4 is 10.6 Å². The molecule has 10 nitrogen and oxygen atoms in total. The minimum Gasteiger partial charge on any atom is -0.444 e. The second-order valence-corrected chi connectivity index (χ2v) is 10.1. The minimum absolute atomic E-state index is 0.0409. The summed E-state index contributed by atoms with van der Waals surface area (Å²) in [6.45, 7) is 7.82. The van der Waals surface area contributed by atoms with Gasteiger partial charge in [-0.25, -0.2) is 18.0 Å². The first kappa shape index (κ1) is 22.7. The van der Waals surface area contributed by atoms with E-state index in [2.05, 4.69) is 10.6 Å². The highest BCUT2D eigenvalue weighted by Crippen LogP contribution is 2.12. The fourth-order valence-corrected chi connectivity index (χ4v) is 4.43. The molecule has 0 aromatic heterocycles. The third kappa shape index (κ3) is 7.44. The molecule has 0 saturated carbocycles. The van der Waals surface area contributed by atoms with Crippen LogP contribution in [0.5, 0.6) is 0 Å². The minimum atomic E-state index is -3.41. The van der Waals surface area contributed by atoms with E-state index in [4.69, 9.17) is 9.47 Å². The second kappa shape index (κ2) is 9.75. The van der Waals surface area contributed by atoms with Gasteiger partial charge in [0.2, 0.25) is 10.0 Å². The standard InChI is InChI=1S/C17H32N4O6S/c1-17(2,3)27-16(23)19-14-5-4-7-20(13-14)15(22)18-6-12-28(24,25)21-8-10-26-11-9-21/h14H,4-13H2,1-3H3,(H,18,22)(H,19,23). The summed E-state index contributed by atoms with van der Waals surface area (Å²) < 4.78 is 36.3. The maximum atomic E-state index is 12.4. The van der Waals surface area contributed by atoms with Crippen LogP contribution in [-0.2, 0) is 19.5 Å². The number of hydrogen-bond acceptors (Lipinski definition) is 6. The third-order valence-electron chi connectivity index (χ3n) is 4.43. The van der Waals surface area contributed by atoms with Crippen molar-refractivity contribution in [2.24, 2.45) is 0 Å². The van der Waals surface area contributed by atoms with E-state index in [0.29, 0.717) is 39.4 Å². The van der Waals surface area contributed by atoms with Gasteiger partial charge in [0.15, 0.2) is 0 Å². The Balaban J connectivity index is 1.75. The highest BCUT2D eigenvalue weighted by atomic mass is 32.2. The van der Waals surface area contributed by atoms with Crippen LogP contribution in [0.15, 0.2) is 0 Å². The Hall–Kier alpha value is -1.59. The Bertz CT molecular complexity index is 643. The van der Waals surface area contributed by atoms with Crippen molar-refractivity contribution in [1.29, 1.82) is 0 Å². The topological polar surface area (TPSA) is 117 Å². The van der Waals surface area contributed by atoms with Gasteiger partial charge in [-0.1, -0.05) is 0 Å². The number of hydrogen-bond donors (Lipinski definition) is 2. The average molecular weight is 421 g/mol. The van der Waals surface area contributed by atoms with E-state index in [-0.39, 0.29) is 24.4 Å². The Kier molecular flexibility index (Phi) is 7.90. The van der Waals surface area contributed by atoms with E-state index in [0.717, 1.165) is 12.8 Å². The monoisotopic (exact) mass is 420 g/mol. The van der Waals surface area contributed by atoms with Crippen molar-refractivity contribution < 1.29 is 27.5 Å². The molecule has 0 spiro atoms. The quantitative estimate of drug-likeness (QED) is 0.663. The smallest absolute Gasteiger partial charge is 0.407 e. The maximum absolute atomic E-state index is 12.4. The average Bonchev–Trinajstić information content (AvgIpc) is 2.61. The molecule has 0 bridgehead atoms. The normalized spacial score (nSPS) is 21.8. The molecule has 2 aliphatic rings. The van der Waals surface area contributed by atoms with Crippen molar-refractivity contribution in [3.8, 4) is 0 Å². The molecular weight excluding hydrogens is 388 g/mol. The Labute approximate surface area is 166 Å². The molecule has 0 aromatic carbocycles. The number of nitrogens with one attached hydrogen (secondary N) is 2. The van der Waals surface area contributed by atoms with Crippen molar-refractivity contribution in [2.45, 2.75) is 45.3 Å². The maximum Gasteiger partial charge on any atom is 0.407 e. The number of nitrogens with zero attached hydrogens (tertiary/aromatic N) is 2. The molecular formula is C17H32N4O6S. The first-order chi connectivity index (χ1) is 13.1.